The number of aryl methyl sites for hydroxylation is 1. The van der Waals surface area contributed by atoms with E-state index in [2.05, 4.69) is 11.6 Å². The fraction of sp³-hybridized carbons (Fsp3) is 0.632. The number of nitrogens with one attached hydrogen (secondary N) is 1. The van der Waals surface area contributed by atoms with Gasteiger partial charge >= 0.3 is 0 Å². The first kappa shape index (κ1) is 21.6. The van der Waals surface area contributed by atoms with Crippen LogP contribution in [0.1, 0.15) is 52.5 Å². The number of rotatable bonds is 10. The van der Waals surface area contributed by atoms with Gasteiger partial charge < -0.3 is 4.90 Å². The number of carbonyl (C=O) groups excluding carboxylic acids is 1. The van der Waals surface area contributed by atoms with Gasteiger partial charge in [-0.25, -0.2) is 8.42 Å². The molecule has 1 unspecified atom stereocenters. The van der Waals surface area contributed by atoms with Crippen molar-refractivity contribution in [3.05, 3.63) is 29.8 Å². The molecule has 0 bridgehead atoms. The van der Waals surface area contributed by atoms with E-state index < -0.39 is 16.1 Å². The van der Waals surface area contributed by atoms with Crippen molar-refractivity contribution < 1.29 is 13.2 Å². The molecule has 0 aliphatic rings. The summed E-state index contributed by atoms with van der Waals surface area (Å²) < 4.78 is 28.0. The van der Waals surface area contributed by atoms with E-state index in [1.54, 1.807) is 29.2 Å². The zero-order valence-corrected chi connectivity index (χ0v) is 16.9. The number of hydrogen-bond donors (Lipinski definition) is 1. The van der Waals surface area contributed by atoms with Crippen molar-refractivity contribution in [3.8, 4) is 0 Å². The van der Waals surface area contributed by atoms with Gasteiger partial charge in [0.1, 0.15) is 6.04 Å². The lowest BCUT2D eigenvalue weighted by molar-refractivity contribution is -0.133. The van der Waals surface area contributed by atoms with Crippen LogP contribution in [-0.4, -0.2) is 38.4 Å². The Morgan fingerprint density at radius 2 is 1.76 bits per heavy atom. The number of sulfonamides is 1. The highest BCUT2D eigenvalue weighted by molar-refractivity contribution is 7.89. The third-order valence-electron chi connectivity index (χ3n) is 4.11. The molecule has 6 heteroatoms. The van der Waals surface area contributed by atoms with Crippen molar-refractivity contribution in [1.82, 2.24) is 9.62 Å². The molecule has 0 radical (unpaired) electrons. The maximum absolute atomic E-state index is 12.9. The van der Waals surface area contributed by atoms with Gasteiger partial charge in [-0.05, 0) is 44.7 Å². The zero-order valence-electron chi connectivity index (χ0n) is 16.1. The number of unbranched alkanes of at least 4 members (excludes halogenated alkanes) is 1. The Kier molecular flexibility index (Phi) is 8.59. The molecule has 0 heterocycles. The van der Waals surface area contributed by atoms with E-state index in [0.29, 0.717) is 19.5 Å². The first-order valence-corrected chi connectivity index (χ1v) is 10.6. The molecule has 0 spiro atoms. The van der Waals surface area contributed by atoms with Crippen molar-refractivity contribution in [2.24, 2.45) is 5.92 Å². The van der Waals surface area contributed by atoms with Crippen LogP contribution in [0.15, 0.2) is 29.2 Å². The second-order valence-electron chi connectivity index (χ2n) is 6.89. The fourth-order valence-electron chi connectivity index (χ4n) is 2.64. The molecule has 1 N–H and O–H groups in total. The fourth-order valence-corrected chi connectivity index (χ4v) is 3.84. The molecule has 1 rings (SSSR count). The number of nitrogens with zero attached hydrogens (tertiary/aromatic N) is 1. The first-order valence-electron chi connectivity index (χ1n) is 9.09. The van der Waals surface area contributed by atoms with E-state index in [1.807, 2.05) is 27.7 Å². The monoisotopic (exact) mass is 368 g/mol. The van der Waals surface area contributed by atoms with E-state index in [0.717, 1.165) is 18.4 Å². The molecule has 1 atom stereocenters. The van der Waals surface area contributed by atoms with Gasteiger partial charge in [0.2, 0.25) is 15.9 Å². The predicted octanol–water partition coefficient (Wildman–Crippen LogP) is 3.34. The Labute approximate surface area is 152 Å². The van der Waals surface area contributed by atoms with E-state index in [4.69, 9.17) is 0 Å². The number of carbonyl (C=O) groups is 1. The van der Waals surface area contributed by atoms with E-state index in [1.165, 1.54) is 0 Å². The van der Waals surface area contributed by atoms with Crippen molar-refractivity contribution in [2.45, 2.75) is 64.8 Å². The van der Waals surface area contributed by atoms with Crippen LogP contribution in [0.5, 0.6) is 0 Å². The maximum atomic E-state index is 12.9. The van der Waals surface area contributed by atoms with Gasteiger partial charge in [-0.15, -0.1) is 0 Å². The Hall–Kier alpha value is -1.40. The Bertz CT molecular complexity index is 639. The van der Waals surface area contributed by atoms with Gasteiger partial charge in [0.05, 0.1) is 4.90 Å². The molecule has 0 saturated carbocycles. The summed E-state index contributed by atoms with van der Waals surface area (Å²) in [5.74, 6) is 0.0693. The third-order valence-corrected chi connectivity index (χ3v) is 5.60. The largest absolute Gasteiger partial charge is 0.342 e. The van der Waals surface area contributed by atoms with Crippen LogP contribution in [0.3, 0.4) is 0 Å². The van der Waals surface area contributed by atoms with Crippen molar-refractivity contribution >= 4 is 15.9 Å². The second kappa shape index (κ2) is 9.92. The number of hydrogen-bond acceptors (Lipinski definition) is 3. The summed E-state index contributed by atoms with van der Waals surface area (Å²) in [6.45, 7) is 11.1. The third kappa shape index (κ3) is 6.78. The highest BCUT2D eigenvalue weighted by atomic mass is 32.2. The molecular weight excluding hydrogens is 336 g/mol. The van der Waals surface area contributed by atoms with Gasteiger partial charge in [-0.1, -0.05) is 44.9 Å². The van der Waals surface area contributed by atoms with Crippen LogP contribution < -0.4 is 4.72 Å². The summed E-state index contributed by atoms with van der Waals surface area (Å²) in [6.07, 6.45) is 2.39. The minimum Gasteiger partial charge on any atom is -0.342 e. The van der Waals surface area contributed by atoms with Crippen molar-refractivity contribution in [1.29, 1.82) is 0 Å². The van der Waals surface area contributed by atoms with Crippen molar-refractivity contribution in [2.75, 3.05) is 13.1 Å². The van der Waals surface area contributed by atoms with Crippen LogP contribution in [0, 0.1) is 12.8 Å². The summed E-state index contributed by atoms with van der Waals surface area (Å²) >= 11 is 0. The van der Waals surface area contributed by atoms with Crippen LogP contribution in [0.4, 0.5) is 0 Å². The van der Waals surface area contributed by atoms with Crippen LogP contribution in [0.2, 0.25) is 0 Å². The van der Waals surface area contributed by atoms with Crippen molar-refractivity contribution in [3.63, 3.8) is 0 Å². The quantitative estimate of drug-likeness (QED) is 0.689. The summed E-state index contributed by atoms with van der Waals surface area (Å²) in [4.78, 5) is 14.8. The van der Waals surface area contributed by atoms with Crippen LogP contribution >= 0.6 is 0 Å². The summed E-state index contributed by atoms with van der Waals surface area (Å²) in [6, 6.07) is 5.93. The Morgan fingerprint density at radius 1 is 1.16 bits per heavy atom. The average molecular weight is 369 g/mol. The molecule has 0 aliphatic heterocycles. The maximum Gasteiger partial charge on any atom is 0.241 e. The number of likely N-dealkylation sites (N-methyl/N-ethyl adjacent to an activating group) is 1. The van der Waals surface area contributed by atoms with Gasteiger partial charge in [0.15, 0.2) is 0 Å². The lowest BCUT2D eigenvalue weighted by Crippen LogP contribution is -2.49. The van der Waals surface area contributed by atoms with Gasteiger partial charge in [-0.2, -0.15) is 4.72 Å². The summed E-state index contributed by atoms with van der Waals surface area (Å²) in [5, 5.41) is 0. The minimum atomic E-state index is -3.73. The standard InChI is InChI=1S/C19H32N2O3S/c1-6-8-13-21(7-2)19(22)18(14-15(3)4)20-25(23,24)17-11-9-16(5)10-12-17/h9-12,15,18,20H,6-8,13-14H2,1-5H3. The van der Waals surface area contributed by atoms with Gasteiger partial charge in [0, 0.05) is 13.1 Å². The lowest BCUT2D eigenvalue weighted by atomic mass is 10.0. The molecule has 25 heavy (non-hydrogen) atoms. The zero-order chi connectivity index (χ0) is 19.0. The van der Waals surface area contributed by atoms with E-state index in [-0.39, 0.29) is 16.7 Å². The lowest BCUT2D eigenvalue weighted by Gasteiger charge is -2.27. The van der Waals surface area contributed by atoms with E-state index in [9.17, 15) is 13.2 Å². The topological polar surface area (TPSA) is 66.5 Å². The van der Waals surface area contributed by atoms with Gasteiger partial charge in [0.25, 0.3) is 0 Å². The molecule has 1 aromatic rings. The SMILES string of the molecule is CCCCN(CC)C(=O)C(CC(C)C)NS(=O)(=O)c1ccc(C)cc1. The number of amides is 1. The highest BCUT2D eigenvalue weighted by Crippen LogP contribution is 2.15. The summed E-state index contributed by atoms with van der Waals surface area (Å²) in [5.41, 5.74) is 0.991. The smallest absolute Gasteiger partial charge is 0.241 e. The van der Waals surface area contributed by atoms with Crippen LogP contribution in [0.25, 0.3) is 0 Å². The predicted molar refractivity (Wildman–Crippen MR) is 102 cm³/mol. The minimum absolute atomic E-state index is 0.139. The van der Waals surface area contributed by atoms with Crippen LogP contribution in [-0.2, 0) is 14.8 Å². The molecule has 1 aromatic carbocycles. The molecule has 1 amide bonds. The second-order valence-corrected chi connectivity index (χ2v) is 8.60. The first-order chi connectivity index (χ1) is 11.7. The summed E-state index contributed by atoms with van der Waals surface area (Å²) in [7, 11) is -3.73. The molecule has 0 aromatic heterocycles. The van der Waals surface area contributed by atoms with Gasteiger partial charge in [-0.3, -0.25) is 4.79 Å². The Balaban J connectivity index is 3.01. The molecular formula is C19H32N2O3S. The normalized spacial score (nSPS) is 13.0. The molecule has 0 saturated heterocycles. The number of benzene rings is 1. The molecule has 142 valence electrons. The molecule has 0 fully saturated rings. The average Bonchev–Trinajstić information content (AvgIpc) is 2.54. The Morgan fingerprint density at radius 3 is 2.24 bits per heavy atom. The molecule has 0 aliphatic carbocycles. The van der Waals surface area contributed by atoms with E-state index >= 15 is 0 Å². The highest BCUT2D eigenvalue weighted by Gasteiger charge is 2.29. The molecule has 5 nitrogen and oxygen atoms in total.